The van der Waals surface area contributed by atoms with Gasteiger partial charge in [0.1, 0.15) is 0 Å². The number of hydrogen-bond acceptors (Lipinski definition) is 6. The largest absolute Gasteiger partial charge is 0.345 e. The van der Waals surface area contributed by atoms with Gasteiger partial charge in [0.25, 0.3) is 5.91 Å². The molecule has 1 saturated heterocycles. The molecule has 2 aliphatic rings. The van der Waals surface area contributed by atoms with Gasteiger partial charge in [-0.2, -0.15) is 10.1 Å². The molecule has 1 aliphatic carbocycles. The van der Waals surface area contributed by atoms with Crippen molar-refractivity contribution in [2.75, 3.05) is 20.6 Å². The highest BCUT2D eigenvalue weighted by Gasteiger charge is 2.31. The molecule has 140 valence electrons. The smallest absolute Gasteiger partial charge is 0.256 e. The molecule has 8 nitrogen and oxygen atoms in total. The van der Waals surface area contributed by atoms with Gasteiger partial charge in [0.2, 0.25) is 5.89 Å². The minimum atomic E-state index is -0.0221. The summed E-state index contributed by atoms with van der Waals surface area (Å²) < 4.78 is 5.46. The molecule has 1 amide bonds. The van der Waals surface area contributed by atoms with Gasteiger partial charge >= 0.3 is 0 Å². The number of likely N-dealkylation sites (tertiary alicyclic amines) is 1. The lowest BCUT2D eigenvalue weighted by atomic mass is 9.85. The van der Waals surface area contributed by atoms with Crippen molar-refractivity contribution in [3.05, 3.63) is 29.2 Å². The number of aromatic nitrogens is 4. The normalized spacial score (nSPS) is 21.5. The Bertz CT molecular complexity index is 763. The fraction of sp³-hybridized carbons (Fsp3) is 0.667. The van der Waals surface area contributed by atoms with E-state index in [-0.39, 0.29) is 11.9 Å². The molecule has 2 aromatic rings. The highest BCUT2D eigenvalue weighted by atomic mass is 16.5. The van der Waals surface area contributed by atoms with Crippen molar-refractivity contribution in [3.8, 4) is 0 Å². The summed E-state index contributed by atoms with van der Waals surface area (Å²) in [7, 11) is 3.53. The quantitative estimate of drug-likeness (QED) is 0.883. The Morgan fingerprint density at radius 1 is 1.31 bits per heavy atom. The summed E-state index contributed by atoms with van der Waals surface area (Å²) in [6, 6.07) is 0.121. The predicted octanol–water partition coefficient (Wildman–Crippen LogP) is 2.49. The third-order valence-electron chi connectivity index (χ3n) is 5.54. The predicted molar refractivity (Wildman–Crippen MR) is 94.5 cm³/mol. The van der Waals surface area contributed by atoms with Gasteiger partial charge in [-0.1, -0.05) is 18.0 Å². The maximum atomic E-state index is 12.5. The summed E-state index contributed by atoms with van der Waals surface area (Å²) in [5.41, 5.74) is 1.54. The van der Waals surface area contributed by atoms with Crippen molar-refractivity contribution in [1.29, 1.82) is 0 Å². The van der Waals surface area contributed by atoms with Gasteiger partial charge in [-0.15, -0.1) is 0 Å². The number of piperidine rings is 1. The van der Waals surface area contributed by atoms with E-state index in [1.54, 1.807) is 25.2 Å². The number of rotatable bonds is 5. The molecule has 0 radical (unpaired) electrons. The molecule has 2 aromatic heterocycles. The van der Waals surface area contributed by atoms with Gasteiger partial charge in [-0.25, -0.2) is 0 Å². The number of carbonyl (C=O) groups excluding carboxylic acids is 1. The number of nitrogens with zero attached hydrogens (tertiary/aromatic N) is 5. The molecular weight excluding hydrogens is 332 g/mol. The first-order chi connectivity index (χ1) is 12.6. The summed E-state index contributed by atoms with van der Waals surface area (Å²) >= 11 is 0. The van der Waals surface area contributed by atoms with Crippen LogP contribution < -0.4 is 0 Å². The van der Waals surface area contributed by atoms with E-state index in [0.717, 1.165) is 56.1 Å². The zero-order valence-corrected chi connectivity index (χ0v) is 15.4. The third-order valence-corrected chi connectivity index (χ3v) is 5.54. The first-order valence-electron chi connectivity index (χ1n) is 9.45. The molecule has 3 heterocycles. The highest BCUT2D eigenvalue weighted by molar-refractivity contribution is 5.94. The van der Waals surface area contributed by atoms with Crippen molar-refractivity contribution in [2.24, 2.45) is 0 Å². The number of aromatic amines is 1. The summed E-state index contributed by atoms with van der Waals surface area (Å²) in [5.74, 6) is 1.94. The molecule has 4 rings (SSSR count). The van der Waals surface area contributed by atoms with Crippen LogP contribution in [0.5, 0.6) is 0 Å². The topological polar surface area (TPSA) is 91.2 Å². The molecule has 1 saturated carbocycles. The summed E-state index contributed by atoms with van der Waals surface area (Å²) in [6.07, 6.45) is 8.44. The van der Waals surface area contributed by atoms with E-state index < -0.39 is 0 Å². The minimum absolute atomic E-state index is 0.0221. The van der Waals surface area contributed by atoms with Crippen LogP contribution in [0.25, 0.3) is 0 Å². The fourth-order valence-electron chi connectivity index (χ4n) is 3.80. The maximum Gasteiger partial charge on any atom is 0.256 e. The Labute approximate surface area is 152 Å². The minimum Gasteiger partial charge on any atom is -0.345 e. The molecule has 0 bridgehead atoms. The van der Waals surface area contributed by atoms with Crippen LogP contribution in [0.1, 0.15) is 78.3 Å². The lowest BCUT2D eigenvalue weighted by Gasteiger charge is -2.34. The molecule has 8 heteroatoms. The van der Waals surface area contributed by atoms with Crippen molar-refractivity contribution in [2.45, 2.75) is 57.0 Å². The van der Waals surface area contributed by atoms with Crippen LogP contribution in [0.2, 0.25) is 0 Å². The second kappa shape index (κ2) is 7.19. The Morgan fingerprint density at radius 3 is 2.88 bits per heavy atom. The molecule has 0 aromatic carbocycles. The monoisotopic (exact) mass is 358 g/mol. The zero-order chi connectivity index (χ0) is 18.1. The zero-order valence-electron chi connectivity index (χ0n) is 15.4. The first-order valence-corrected chi connectivity index (χ1v) is 9.45. The number of carbonyl (C=O) groups is 1. The van der Waals surface area contributed by atoms with Crippen LogP contribution in [0.4, 0.5) is 0 Å². The van der Waals surface area contributed by atoms with Crippen molar-refractivity contribution in [1.82, 2.24) is 30.1 Å². The van der Waals surface area contributed by atoms with E-state index >= 15 is 0 Å². The van der Waals surface area contributed by atoms with E-state index in [2.05, 4.69) is 25.2 Å². The average molecular weight is 358 g/mol. The molecular formula is C18H26N6O2. The SMILES string of the molecule is CN(C)C(=O)c1cn[nH]c1C1CCCCN1Cc1noc(C2CCC2)n1. The van der Waals surface area contributed by atoms with Gasteiger partial charge in [0.05, 0.1) is 30.0 Å². The summed E-state index contributed by atoms with van der Waals surface area (Å²) in [5, 5.41) is 11.4. The second-order valence-electron chi connectivity index (χ2n) is 7.56. The molecule has 1 unspecified atom stereocenters. The van der Waals surface area contributed by atoms with Crippen molar-refractivity contribution in [3.63, 3.8) is 0 Å². The van der Waals surface area contributed by atoms with Gasteiger partial charge in [-0.05, 0) is 32.2 Å². The van der Waals surface area contributed by atoms with Crippen molar-refractivity contribution < 1.29 is 9.32 Å². The molecule has 1 N–H and O–H groups in total. The molecule has 1 atom stereocenters. The lowest BCUT2D eigenvalue weighted by Crippen LogP contribution is -2.35. The van der Waals surface area contributed by atoms with E-state index in [0.29, 0.717) is 18.0 Å². The number of nitrogens with one attached hydrogen (secondary N) is 1. The van der Waals surface area contributed by atoms with E-state index in [4.69, 9.17) is 4.52 Å². The van der Waals surface area contributed by atoms with E-state index in [1.165, 1.54) is 6.42 Å². The summed E-state index contributed by atoms with van der Waals surface area (Å²) in [4.78, 5) is 21.0. The van der Waals surface area contributed by atoms with Crippen LogP contribution in [0.3, 0.4) is 0 Å². The lowest BCUT2D eigenvalue weighted by molar-refractivity contribution is 0.0818. The third kappa shape index (κ3) is 3.25. The van der Waals surface area contributed by atoms with Crippen molar-refractivity contribution >= 4 is 5.91 Å². The van der Waals surface area contributed by atoms with Crippen LogP contribution in [0, 0.1) is 0 Å². The van der Waals surface area contributed by atoms with Crippen LogP contribution in [-0.2, 0) is 6.54 Å². The number of amides is 1. The Kier molecular flexibility index (Phi) is 4.76. The fourth-order valence-corrected chi connectivity index (χ4v) is 3.80. The summed E-state index contributed by atoms with van der Waals surface area (Å²) in [6.45, 7) is 1.59. The van der Waals surface area contributed by atoms with Crippen LogP contribution in [0.15, 0.2) is 10.7 Å². The number of hydrogen-bond donors (Lipinski definition) is 1. The van der Waals surface area contributed by atoms with E-state index in [9.17, 15) is 4.79 Å². The van der Waals surface area contributed by atoms with Crippen LogP contribution in [-0.4, -0.2) is 56.7 Å². The van der Waals surface area contributed by atoms with Crippen LogP contribution >= 0.6 is 0 Å². The van der Waals surface area contributed by atoms with Gasteiger partial charge < -0.3 is 9.42 Å². The molecule has 1 aliphatic heterocycles. The highest BCUT2D eigenvalue weighted by Crippen LogP contribution is 2.36. The van der Waals surface area contributed by atoms with Gasteiger partial charge in [0, 0.05) is 20.0 Å². The second-order valence-corrected chi connectivity index (χ2v) is 7.56. The average Bonchev–Trinajstić information content (AvgIpc) is 3.23. The Balaban J connectivity index is 1.53. The first kappa shape index (κ1) is 17.2. The number of H-pyrrole nitrogens is 1. The standard InChI is InChI=1S/C18H26N6O2/c1-23(2)18(25)13-10-19-21-16(13)14-8-3-4-9-24(14)11-15-20-17(26-22-15)12-6-5-7-12/h10,12,14H,3-9,11H2,1-2H3,(H,19,21). The molecule has 0 spiro atoms. The van der Waals surface area contributed by atoms with Gasteiger partial charge in [-0.3, -0.25) is 14.8 Å². The molecule has 26 heavy (non-hydrogen) atoms. The maximum absolute atomic E-state index is 12.5. The molecule has 2 fully saturated rings. The Morgan fingerprint density at radius 2 is 2.15 bits per heavy atom. The van der Waals surface area contributed by atoms with E-state index in [1.807, 2.05) is 0 Å². The van der Waals surface area contributed by atoms with Gasteiger partial charge in [0.15, 0.2) is 5.82 Å². The Hall–Kier alpha value is -2.22.